The summed E-state index contributed by atoms with van der Waals surface area (Å²) in [7, 11) is 1.66. The second-order valence-corrected chi connectivity index (χ2v) is 7.27. The Morgan fingerprint density at radius 3 is 2.62 bits per heavy atom. The standard InChI is InChI=1S/C19H25N5O2/c1-22-19(26)24-13-14(7-8-17(24)21-22)18(25)20-15-9-11-23(12-10-15)16-5-3-2-4-6-16/h2-6,14-15H,7-13H2,1H3,(H,20,25)/t14-/m1/s1. The van der Waals surface area contributed by atoms with Gasteiger partial charge in [-0.15, -0.1) is 0 Å². The van der Waals surface area contributed by atoms with Gasteiger partial charge in [-0.25, -0.2) is 9.48 Å². The van der Waals surface area contributed by atoms with E-state index in [1.807, 2.05) is 6.07 Å². The highest BCUT2D eigenvalue weighted by molar-refractivity contribution is 5.79. The second kappa shape index (κ2) is 6.97. The SMILES string of the molecule is Cn1nc2n(c1=O)C[C@H](C(=O)NC1CCN(c3ccccc3)CC1)CC2. The molecule has 138 valence electrons. The number of aryl methyl sites for hydroxylation is 2. The largest absolute Gasteiger partial charge is 0.371 e. The maximum atomic E-state index is 12.7. The van der Waals surface area contributed by atoms with Crippen LogP contribution in [0.1, 0.15) is 25.1 Å². The molecule has 4 rings (SSSR count). The molecule has 1 N–H and O–H groups in total. The molecule has 3 heterocycles. The molecule has 2 aliphatic rings. The first-order valence-electron chi connectivity index (χ1n) is 9.35. The van der Waals surface area contributed by atoms with Crippen molar-refractivity contribution in [2.24, 2.45) is 13.0 Å². The summed E-state index contributed by atoms with van der Waals surface area (Å²) in [5.74, 6) is 0.721. The number of anilines is 1. The highest BCUT2D eigenvalue weighted by atomic mass is 16.2. The van der Waals surface area contributed by atoms with Crippen LogP contribution in [-0.2, 0) is 24.8 Å². The van der Waals surface area contributed by atoms with Gasteiger partial charge in [-0.1, -0.05) is 18.2 Å². The van der Waals surface area contributed by atoms with Crippen LogP contribution in [0, 0.1) is 5.92 Å². The number of fused-ring (bicyclic) bond motifs is 1. The molecule has 1 aromatic carbocycles. The molecule has 1 aromatic heterocycles. The zero-order chi connectivity index (χ0) is 18.1. The molecule has 0 spiro atoms. The number of benzene rings is 1. The van der Waals surface area contributed by atoms with Crippen molar-refractivity contribution in [3.63, 3.8) is 0 Å². The predicted octanol–water partition coefficient (Wildman–Crippen LogP) is 0.929. The number of aromatic nitrogens is 3. The second-order valence-electron chi connectivity index (χ2n) is 7.27. The Bertz CT molecular complexity index is 833. The first-order chi connectivity index (χ1) is 12.6. The lowest BCUT2D eigenvalue weighted by atomic mass is 9.97. The normalized spacial score (nSPS) is 20.7. The molecule has 0 bridgehead atoms. The molecular weight excluding hydrogens is 330 g/mol. The van der Waals surface area contributed by atoms with Gasteiger partial charge in [-0.2, -0.15) is 5.10 Å². The number of para-hydroxylation sites is 1. The van der Waals surface area contributed by atoms with Gasteiger partial charge in [0.15, 0.2) is 0 Å². The van der Waals surface area contributed by atoms with E-state index in [9.17, 15) is 9.59 Å². The summed E-state index contributed by atoms with van der Waals surface area (Å²) in [6.45, 7) is 2.34. The monoisotopic (exact) mass is 355 g/mol. The Morgan fingerprint density at radius 1 is 1.15 bits per heavy atom. The fraction of sp³-hybridized carbons (Fsp3) is 0.526. The van der Waals surface area contributed by atoms with Gasteiger partial charge >= 0.3 is 5.69 Å². The van der Waals surface area contributed by atoms with E-state index in [0.717, 1.165) is 38.2 Å². The van der Waals surface area contributed by atoms with Crippen molar-refractivity contribution >= 4 is 11.6 Å². The van der Waals surface area contributed by atoms with Crippen LogP contribution in [-0.4, -0.2) is 39.4 Å². The molecule has 7 nitrogen and oxygen atoms in total. The molecule has 26 heavy (non-hydrogen) atoms. The van der Waals surface area contributed by atoms with Gasteiger partial charge in [0.25, 0.3) is 0 Å². The third-order valence-corrected chi connectivity index (χ3v) is 5.54. The van der Waals surface area contributed by atoms with E-state index in [2.05, 4.69) is 39.6 Å². The molecule has 2 aromatic rings. The smallest absolute Gasteiger partial charge is 0.345 e. The van der Waals surface area contributed by atoms with E-state index in [1.54, 1.807) is 11.6 Å². The van der Waals surface area contributed by atoms with E-state index in [4.69, 9.17) is 0 Å². The lowest BCUT2D eigenvalue weighted by Gasteiger charge is -2.34. The number of nitrogens with one attached hydrogen (secondary N) is 1. The van der Waals surface area contributed by atoms with Gasteiger partial charge < -0.3 is 10.2 Å². The Morgan fingerprint density at radius 2 is 1.88 bits per heavy atom. The summed E-state index contributed by atoms with van der Waals surface area (Å²) >= 11 is 0. The van der Waals surface area contributed by atoms with E-state index < -0.39 is 0 Å². The Kier molecular flexibility index (Phi) is 4.53. The van der Waals surface area contributed by atoms with Crippen molar-refractivity contribution in [2.75, 3.05) is 18.0 Å². The summed E-state index contributed by atoms with van der Waals surface area (Å²) in [6.07, 6.45) is 3.34. The fourth-order valence-electron chi connectivity index (χ4n) is 3.99. The Labute approximate surface area is 152 Å². The molecule has 0 radical (unpaired) electrons. The molecule has 1 saturated heterocycles. The molecule has 0 saturated carbocycles. The number of rotatable bonds is 3. The topological polar surface area (TPSA) is 72.2 Å². The van der Waals surface area contributed by atoms with Crippen LogP contribution < -0.4 is 15.9 Å². The summed E-state index contributed by atoms with van der Waals surface area (Å²) < 4.78 is 3.00. The maximum absolute atomic E-state index is 12.7. The van der Waals surface area contributed by atoms with Crippen LogP contribution in [0.4, 0.5) is 5.69 Å². The lowest BCUT2D eigenvalue weighted by molar-refractivity contribution is -0.126. The minimum absolute atomic E-state index is 0.0737. The van der Waals surface area contributed by atoms with Gasteiger partial charge in [0, 0.05) is 44.8 Å². The predicted molar refractivity (Wildman–Crippen MR) is 99.1 cm³/mol. The highest BCUT2D eigenvalue weighted by Gasteiger charge is 2.29. The minimum Gasteiger partial charge on any atom is -0.371 e. The molecule has 0 unspecified atom stereocenters. The fourth-order valence-corrected chi connectivity index (χ4v) is 3.99. The van der Waals surface area contributed by atoms with Gasteiger partial charge in [0.2, 0.25) is 5.91 Å². The molecule has 1 atom stereocenters. The van der Waals surface area contributed by atoms with Crippen LogP contribution in [0.5, 0.6) is 0 Å². The summed E-state index contributed by atoms with van der Waals surface area (Å²) in [4.78, 5) is 27.1. The molecule has 1 amide bonds. The van der Waals surface area contributed by atoms with Crippen molar-refractivity contribution in [1.82, 2.24) is 19.7 Å². The van der Waals surface area contributed by atoms with E-state index in [1.165, 1.54) is 10.4 Å². The Hall–Kier alpha value is -2.57. The average Bonchev–Trinajstić information content (AvgIpc) is 2.96. The third-order valence-electron chi connectivity index (χ3n) is 5.54. The molecule has 7 heteroatoms. The highest BCUT2D eigenvalue weighted by Crippen LogP contribution is 2.21. The third kappa shape index (κ3) is 3.25. The quantitative estimate of drug-likeness (QED) is 0.889. The molecule has 2 aliphatic heterocycles. The van der Waals surface area contributed by atoms with Crippen molar-refractivity contribution in [1.29, 1.82) is 0 Å². The average molecular weight is 355 g/mol. The number of hydrogen-bond donors (Lipinski definition) is 1. The first-order valence-corrected chi connectivity index (χ1v) is 9.35. The van der Waals surface area contributed by atoms with Gasteiger partial charge in [0.05, 0.1) is 5.92 Å². The van der Waals surface area contributed by atoms with Crippen molar-refractivity contribution in [2.45, 2.75) is 38.3 Å². The Balaban J connectivity index is 1.32. The van der Waals surface area contributed by atoms with Crippen LogP contribution in [0.3, 0.4) is 0 Å². The van der Waals surface area contributed by atoms with Gasteiger partial charge in [0.1, 0.15) is 5.82 Å². The molecular formula is C19H25N5O2. The minimum atomic E-state index is -0.142. The number of carbonyl (C=O) groups excluding carboxylic acids is 1. The van der Waals surface area contributed by atoms with Crippen LogP contribution in [0.15, 0.2) is 35.1 Å². The molecule has 0 aliphatic carbocycles. The molecule has 1 fully saturated rings. The zero-order valence-electron chi connectivity index (χ0n) is 15.1. The van der Waals surface area contributed by atoms with E-state index in [0.29, 0.717) is 13.0 Å². The van der Waals surface area contributed by atoms with E-state index >= 15 is 0 Å². The number of amides is 1. The van der Waals surface area contributed by atoms with Crippen molar-refractivity contribution in [3.8, 4) is 0 Å². The van der Waals surface area contributed by atoms with Gasteiger partial charge in [-0.3, -0.25) is 9.36 Å². The zero-order valence-corrected chi connectivity index (χ0v) is 15.1. The number of piperidine rings is 1. The van der Waals surface area contributed by atoms with Crippen molar-refractivity contribution in [3.05, 3.63) is 46.6 Å². The maximum Gasteiger partial charge on any atom is 0.345 e. The summed E-state index contributed by atoms with van der Waals surface area (Å²) in [6, 6.07) is 10.6. The summed E-state index contributed by atoms with van der Waals surface area (Å²) in [5, 5.41) is 7.44. The number of carbonyl (C=O) groups is 1. The van der Waals surface area contributed by atoms with Crippen molar-refractivity contribution < 1.29 is 4.79 Å². The van der Waals surface area contributed by atoms with Gasteiger partial charge in [-0.05, 0) is 31.4 Å². The van der Waals surface area contributed by atoms with Crippen LogP contribution >= 0.6 is 0 Å². The lowest BCUT2D eigenvalue weighted by Crippen LogP contribution is -2.48. The van der Waals surface area contributed by atoms with E-state index in [-0.39, 0.29) is 23.6 Å². The number of nitrogens with zero attached hydrogens (tertiary/aromatic N) is 4. The number of hydrogen-bond acceptors (Lipinski definition) is 4. The summed E-state index contributed by atoms with van der Waals surface area (Å²) in [5.41, 5.74) is 1.11. The first kappa shape index (κ1) is 16.9. The van der Waals surface area contributed by atoms with Crippen LogP contribution in [0.25, 0.3) is 0 Å². The van der Waals surface area contributed by atoms with Crippen LogP contribution in [0.2, 0.25) is 0 Å².